The Morgan fingerprint density at radius 3 is 2.69 bits per heavy atom. The zero-order valence-electron chi connectivity index (χ0n) is 16.1. The Morgan fingerprint density at radius 1 is 1.21 bits per heavy atom. The van der Waals surface area contributed by atoms with Crippen molar-refractivity contribution in [3.63, 3.8) is 0 Å². The van der Waals surface area contributed by atoms with Gasteiger partial charge in [0.1, 0.15) is 9.71 Å². The van der Waals surface area contributed by atoms with Gasteiger partial charge in [0.25, 0.3) is 5.91 Å². The average Bonchev–Trinajstić information content (AvgIpc) is 3.13. The Balaban J connectivity index is 1.75. The second-order valence-electron chi connectivity index (χ2n) is 6.94. The maximum absolute atomic E-state index is 13.1. The van der Waals surface area contributed by atoms with E-state index in [0.29, 0.717) is 10.4 Å². The van der Waals surface area contributed by atoms with Gasteiger partial charge in [0, 0.05) is 44.3 Å². The zero-order chi connectivity index (χ0) is 20.6. The molecule has 0 unspecified atom stereocenters. The Morgan fingerprint density at radius 2 is 1.97 bits per heavy atom. The molecule has 0 radical (unpaired) electrons. The van der Waals surface area contributed by atoms with Crippen LogP contribution in [0.1, 0.15) is 21.3 Å². The molecule has 0 aliphatic carbocycles. The van der Waals surface area contributed by atoms with Gasteiger partial charge in [-0.15, -0.1) is 11.3 Å². The number of carbonyl (C=O) groups is 1. The maximum atomic E-state index is 13.1. The molecule has 1 aromatic carbocycles. The highest BCUT2D eigenvalue weighted by Crippen LogP contribution is 2.38. The SMILES string of the molecule is CN(C)C(=O)c1sc2ncccc2c1[C@H]1CN(S(=O)(=O)c2ccccc2)CCO1. The van der Waals surface area contributed by atoms with Crippen LogP contribution >= 0.6 is 11.3 Å². The Labute approximate surface area is 173 Å². The maximum Gasteiger partial charge on any atom is 0.263 e. The summed E-state index contributed by atoms with van der Waals surface area (Å²) in [5, 5.41) is 0.826. The highest BCUT2D eigenvalue weighted by molar-refractivity contribution is 7.89. The zero-order valence-corrected chi connectivity index (χ0v) is 17.7. The minimum absolute atomic E-state index is 0.144. The van der Waals surface area contributed by atoms with Gasteiger partial charge in [-0.1, -0.05) is 24.3 Å². The van der Waals surface area contributed by atoms with Crippen LogP contribution in [0.3, 0.4) is 0 Å². The number of amides is 1. The van der Waals surface area contributed by atoms with Crippen LogP contribution in [0.4, 0.5) is 0 Å². The van der Waals surface area contributed by atoms with Gasteiger partial charge < -0.3 is 9.64 Å². The number of rotatable bonds is 4. The number of pyridine rings is 1. The smallest absolute Gasteiger partial charge is 0.263 e. The van der Waals surface area contributed by atoms with Gasteiger partial charge in [0.15, 0.2) is 0 Å². The van der Waals surface area contributed by atoms with E-state index in [2.05, 4.69) is 4.98 Å². The average molecular weight is 432 g/mol. The lowest BCUT2D eigenvalue weighted by molar-refractivity contribution is -0.00203. The van der Waals surface area contributed by atoms with Gasteiger partial charge in [0.05, 0.1) is 17.6 Å². The van der Waals surface area contributed by atoms with Gasteiger partial charge >= 0.3 is 0 Å². The Hall–Kier alpha value is -2.33. The number of aromatic nitrogens is 1. The first-order valence-corrected chi connectivity index (χ1v) is 11.4. The fraction of sp³-hybridized carbons (Fsp3) is 0.300. The second-order valence-corrected chi connectivity index (χ2v) is 9.87. The lowest BCUT2D eigenvalue weighted by Gasteiger charge is -2.32. The summed E-state index contributed by atoms with van der Waals surface area (Å²) in [5.74, 6) is -0.144. The number of nitrogens with zero attached hydrogens (tertiary/aromatic N) is 3. The number of morpholine rings is 1. The molecule has 1 saturated heterocycles. The molecule has 2 aromatic heterocycles. The highest BCUT2D eigenvalue weighted by Gasteiger charge is 2.35. The molecule has 0 bridgehead atoms. The van der Waals surface area contributed by atoms with Crippen molar-refractivity contribution in [2.24, 2.45) is 0 Å². The normalized spacial score (nSPS) is 18.1. The quantitative estimate of drug-likeness (QED) is 0.635. The summed E-state index contributed by atoms with van der Waals surface area (Å²) in [5.41, 5.74) is 0.713. The largest absolute Gasteiger partial charge is 0.371 e. The van der Waals surface area contributed by atoms with Crippen LogP contribution in [0.5, 0.6) is 0 Å². The fourth-order valence-electron chi connectivity index (χ4n) is 3.39. The predicted octanol–water partition coefficient (Wildman–Crippen LogP) is 2.76. The van der Waals surface area contributed by atoms with E-state index < -0.39 is 16.1 Å². The summed E-state index contributed by atoms with van der Waals surface area (Å²) in [7, 11) is -0.258. The number of thiophene rings is 1. The van der Waals surface area contributed by atoms with E-state index >= 15 is 0 Å². The molecule has 1 aliphatic rings. The molecule has 152 valence electrons. The van der Waals surface area contributed by atoms with Crippen LogP contribution in [-0.4, -0.2) is 62.3 Å². The molecule has 4 rings (SSSR count). The lowest BCUT2D eigenvalue weighted by atomic mass is 10.0. The first-order chi connectivity index (χ1) is 13.9. The third-order valence-electron chi connectivity index (χ3n) is 4.84. The second kappa shape index (κ2) is 7.83. The third kappa shape index (κ3) is 3.66. The minimum Gasteiger partial charge on any atom is -0.371 e. The van der Waals surface area contributed by atoms with Gasteiger partial charge in [0.2, 0.25) is 10.0 Å². The fourth-order valence-corrected chi connectivity index (χ4v) is 6.05. The van der Waals surface area contributed by atoms with E-state index in [1.165, 1.54) is 20.5 Å². The number of ether oxygens (including phenoxy) is 1. The Kier molecular flexibility index (Phi) is 5.39. The van der Waals surface area contributed by atoms with Crippen molar-refractivity contribution >= 4 is 37.5 Å². The summed E-state index contributed by atoms with van der Waals surface area (Å²) in [6.07, 6.45) is 1.14. The molecule has 7 nitrogen and oxygen atoms in total. The van der Waals surface area contributed by atoms with Crippen molar-refractivity contribution in [1.29, 1.82) is 0 Å². The van der Waals surface area contributed by atoms with E-state index in [4.69, 9.17) is 4.74 Å². The molecule has 29 heavy (non-hydrogen) atoms. The molecule has 3 heterocycles. The lowest BCUT2D eigenvalue weighted by Crippen LogP contribution is -2.42. The number of sulfonamides is 1. The molecular weight excluding hydrogens is 410 g/mol. The van der Waals surface area contributed by atoms with Crippen molar-refractivity contribution in [3.8, 4) is 0 Å². The number of benzene rings is 1. The third-order valence-corrected chi connectivity index (χ3v) is 7.83. The molecule has 3 aromatic rings. The van der Waals surface area contributed by atoms with E-state index in [1.807, 2.05) is 12.1 Å². The summed E-state index contributed by atoms with van der Waals surface area (Å²) in [6, 6.07) is 12.1. The summed E-state index contributed by atoms with van der Waals surface area (Å²) in [6.45, 7) is 0.667. The first kappa shape index (κ1) is 20.0. The molecule has 1 atom stereocenters. The van der Waals surface area contributed by atoms with Crippen LogP contribution in [0, 0.1) is 0 Å². The summed E-state index contributed by atoms with van der Waals surface area (Å²) >= 11 is 1.31. The van der Waals surface area contributed by atoms with Crippen molar-refractivity contribution in [3.05, 3.63) is 59.1 Å². The van der Waals surface area contributed by atoms with Crippen molar-refractivity contribution in [2.45, 2.75) is 11.0 Å². The van der Waals surface area contributed by atoms with E-state index in [0.717, 1.165) is 10.2 Å². The molecule has 1 fully saturated rings. The van der Waals surface area contributed by atoms with Crippen LogP contribution in [0.25, 0.3) is 10.2 Å². The molecule has 1 amide bonds. The van der Waals surface area contributed by atoms with Crippen molar-refractivity contribution in [2.75, 3.05) is 33.8 Å². The van der Waals surface area contributed by atoms with Gasteiger partial charge in [-0.25, -0.2) is 13.4 Å². The topological polar surface area (TPSA) is 79.8 Å². The van der Waals surface area contributed by atoms with Crippen molar-refractivity contribution < 1.29 is 17.9 Å². The number of fused-ring (bicyclic) bond motifs is 1. The molecule has 9 heteroatoms. The summed E-state index contributed by atoms with van der Waals surface area (Å²) in [4.78, 5) is 20.2. The Bertz CT molecular complexity index is 1140. The predicted molar refractivity (Wildman–Crippen MR) is 112 cm³/mol. The minimum atomic E-state index is -3.64. The van der Waals surface area contributed by atoms with Crippen LogP contribution in [0.2, 0.25) is 0 Å². The van der Waals surface area contributed by atoms with E-state index in [-0.39, 0.29) is 30.5 Å². The standard InChI is InChI=1S/C20H21N3O4S2/c1-22(2)20(24)18-17(15-9-6-10-21-19(15)28-18)16-13-23(11-12-27-16)29(25,26)14-7-4-3-5-8-14/h3-10,16H,11-13H2,1-2H3/t16-/m1/s1. The molecule has 0 saturated carbocycles. The van der Waals surface area contributed by atoms with E-state index in [1.54, 1.807) is 50.6 Å². The summed E-state index contributed by atoms with van der Waals surface area (Å²) < 4.78 is 33.6. The number of hydrogen-bond acceptors (Lipinski definition) is 6. The molecule has 1 aliphatic heterocycles. The molecule has 0 spiro atoms. The number of hydrogen-bond donors (Lipinski definition) is 0. The van der Waals surface area contributed by atoms with Crippen LogP contribution in [0.15, 0.2) is 53.6 Å². The first-order valence-electron chi connectivity index (χ1n) is 9.15. The van der Waals surface area contributed by atoms with E-state index in [9.17, 15) is 13.2 Å². The van der Waals surface area contributed by atoms with Crippen LogP contribution < -0.4 is 0 Å². The van der Waals surface area contributed by atoms with Crippen LogP contribution in [-0.2, 0) is 14.8 Å². The van der Waals surface area contributed by atoms with Crippen molar-refractivity contribution in [1.82, 2.24) is 14.2 Å². The monoisotopic (exact) mass is 431 g/mol. The molecule has 0 N–H and O–H groups in total. The van der Waals surface area contributed by atoms with Gasteiger partial charge in [-0.3, -0.25) is 4.79 Å². The highest BCUT2D eigenvalue weighted by atomic mass is 32.2. The van der Waals surface area contributed by atoms with Gasteiger partial charge in [-0.05, 0) is 18.2 Å². The molecular formula is C20H21N3O4S2. The van der Waals surface area contributed by atoms with Gasteiger partial charge in [-0.2, -0.15) is 4.31 Å². The number of carbonyl (C=O) groups excluding carboxylic acids is 1.